The first-order valence-corrected chi connectivity index (χ1v) is 13.0. The standard InChI is InChI=1S/C28H33F3N4O4/c1-32-25(37)18-5-7-20(8-6-18)27(39)12-9-23(10-13-27)35-14-11-22(17-35)34-24(36)16-33-26(38)19-3-2-4-21(15-19)28(29,30)31/h2-8,15,22-23,39H,9-14,16-17H2,1H3,(H,32,37)(H,33,38)(H,34,36). The van der Waals surface area contributed by atoms with Crippen LogP contribution in [0, 0.1) is 0 Å². The van der Waals surface area contributed by atoms with E-state index in [2.05, 4.69) is 20.9 Å². The number of nitrogens with zero attached hydrogens (tertiary/aromatic N) is 1. The number of alkyl halides is 3. The SMILES string of the molecule is CNC(=O)c1ccc(C2(O)CCC(N3CCC(NC(=O)CNC(=O)c4cccc(C(F)(F)F)c4)C3)CC2)cc1. The Morgan fingerprint density at radius 3 is 2.33 bits per heavy atom. The summed E-state index contributed by atoms with van der Waals surface area (Å²) < 4.78 is 38.6. The fraction of sp³-hybridized carbons (Fsp3) is 0.464. The molecule has 0 aromatic heterocycles. The van der Waals surface area contributed by atoms with E-state index in [1.807, 2.05) is 0 Å². The molecule has 0 radical (unpaired) electrons. The van der Waals surface area contributed by atoms with Crippen LogP contribution in [-0.2, 0) is 16.6 Å². The number of halogens is 3. The van der Waals surface area contributed by atoms with Gasteiger partial charge in [-0.3, -0.25) is 19.3 Å². The molecule has 4 rings (SSSR count). The molecule has 1 unspecified atom stereocenters. The van der Waals surface area contributed by atoms with E-state index in [9.17, 15) is 32.7 Å². The Balaban J connectivity index is 1.22. The number of carbonyl (C=O) groups excluding carboxylic acids is 3. The van der Waals surface area contributed by atoms with E-state index in [0.717, 1.165) is 49.6 Å². The number of rotatable bonds is 7. The fourth-order valence-electron chi connectivity index (χ4n) is 5.42. The Hall–Kier alpha value is -3.44. The maximum Gasteiger partial charge on any atom is 0.416 e. The molecule has 1 aliphatic carbocycles. The lowest BCUT2D eigenvalue weighted by molar-refractivity contribution is -0.137. The van der Waals surface area contributed by atoms with Crippen LogP contribution in [0.25, 0.3) is 0 Å². The normalized spacial score (nSPS) is 23.7. The van der Waals surface area contributed by atoms with Gasteiger partial charge in [-0.25, -0.2) is 0 Å². The Bertz CT molecular complexity index is 1190. The van der Waals surface area contributed by atoms with Gasteiger partial charge in [0.2, 0.25) is 5.91 Å². The molecule has 2 aromatic rings. The van der Waals surface area contributed by atoms with Crippen LogP contribution >= 0.6 is 0 Å². The molecule has 2 aromatic carbocycles. The second-order valence-corrected chi connectivity index (χ2v) is 10.2. The van der Waals surface area contributed by atoms with E-state index >= 15 is 0 Å². The maximum absolute atomic E-state index is 12.9. The summed E-state index contributed by atoms with van der Waals surface area (Å²) >= 11 is 0. The quantitative estimate of drug-likeness (QED) is 0.427. The molecule has 3 amide bonds. The van der Waals surface area contributed by atoms with E-state index in [0.29, 0.717) is 24.9 Å². The number of amides is 3. The van der Waals surface area contributed by atoms with Crippen LogP contribution in [0.4, 0.5) is 13.2 Å². The molecule has 11 heteroatoms. The zero-order chi connectivity index (χ0) is 28.2. The second-order valence-electron chi connectivity index (χ2n) is 10.2. The monoisotopic (exact) mass is 546 g/mol. The number of benzene rings is 2. The predicted octanol–water partition coefficient (Wildman–Crippen LogP) is 2.82. The summed E-state index contributed by atoms with van der Waals surface area (Å²) in [6.45, 7) is 1.11. The molecule has 210 valence electrons. The first kappa shape index (κ1) is 28.6. The number of hydrogen-bond acceptors (Lipinski definition) is 5. The Kier molecular flexibility index (Phi) is 8.60. The Labute approximate surface area is 225 Å². The molecule has 4 N–H and O–H groups in total. The van der Waals surface area contributed by atoms with Gasteiger partial charge in [0.05, 0.1) is 17.7 Å². The lowest BCUT2D eigenvalue weighted by Gasteiger charge is -2.40. The smallest absolute Gasteiger partial charge is 0.385 e. The summed E-state index contributed by atoms with van der Waals surface area (Å²) in [5.74, 6) is -1.33. The molecule has 0 bridgehead atoms. The molecule has 0 spiro atoms. The minimum Gasteiger partial charge on any atom is -0.385 e. The maximum atomic E-state index is 12.9. The number of aliphatic hydroxyl groups is 1. The van der Waals surface area contributed by atoms with Crippen LogP contribution < -0.4 is 16.0 Å². The largest absolute Gasteiger partial charge is 0.416 e. The molecule has 2 aliphatic rings. The minimum absolute atomic E-state index is 0.0963. The number of likely N-dealkylation sites (tertiary alicyclic amines) is 1. The van der Waals surface area contributed by atoms with E-state index in [-0.39, 0.29) is 30.1 Å². The Morgan fingerprint density at radius 1 is 1.00 bits per heavy atom. The van der Waals surface area contributed by atoms with Crippen molar-refractivity contribution in [2.75, 3.05) is 26.7 Å². The van der Waals surface area contributed by atoms with Gasteiger partial charge in [-0.05, 0) is 68.0 Å². The first-order valence-electron chi connectivity index (χ1n) is 13.0. The summed E-state index contributed by atoms with van der Waals surface area (Å²) in [7, 11) is 1.57. The molecule has 1 heterocycles. The molecular formula is C28H33F3N4O4. The highest BCUT2D eigenvalue weighted by Crippen LogP contribution is 2.39. The third-order valence-corrected chi connectivity index (χ3v) is 7.66. The highest BCUT2D eigenvalue weighted by Gasteiger charge is 2.38. The zero-order valence-corrected chi connectivity index (χ0v) is 21.7. The average Bonchev–Trinajstić information content (AvgIpc) is 3.39. The molecule has 1 saturated carbocycles. The molecule has 39 heavy (non-hydrogen) atoms. The van der Waals surface area contributed by atoms with Crippen LogP contribution in [0.1, 0.15) is 63.9 Å². The van der Waals surface area contributed by atoms with Crippen LogP contribution in [0.15, 0.2) is 48.5 Å². The second kappa shape index (κ2) is 11.7. The lowest BCUT2D eigenvalue weighted by Crippen LogP contribution is -2.45. The van der Waals surface area contributed by atoms with E-state index < -0.39 is 29.2 Å². The van der Waals surface area contributed by atoms with Crippen LogP contribution in [0.2, 0.25) is 0 Å². The highest BCUT2D eigenvalue weighted by molar-refractivity contribution is 5.96. The van der Waals surface area contributed by atoms with Gasteiger partial charge >= 0.3 is 6.18 Å². The van der Waals surface area contributed by atoms with Crippen molar-refractivity contribution >= 4 is 17.7 Å². The molecule has 1 aliphatic heterocycles. The van der Waals surface area contributed by atoms with Crippen molar-refractivity contribution in [1.29, 1.82) is 0 Å². The zero-order valence-electron chi connectivity index (χ0n) is 21.7. The van der Waals surface area contributed by atoms with Crippen molar-refractivity contribution in [3.8, 4) is 0 Å². The van der Waals surface area contributed by atoms with Crippen LogP contribution in [0.5, 0.6) is 0 Å². The molecule has 8 nitrogen and oxygen atoms in total. The first-order chi connectivity index (χ1) is 18.5. The van der Waals surface area contributed by atoms with Crippen molar-refractivity contribution in [1.82, 2.24) is 20.9 Å². The van der Waals surface area contributed by atoms with Crippen molar-refractivity contribution in [3.05, 3.63) is 70.8 Å². The molecule has 1 saturated heterocycles. The number of hydrogen-bond donors (Lipinski definition) is 4. The van der Waals surface area contributed by atoms with Crippen molar-refractivity contribution in [2.45, 2.75) is 56.0 Å². The summed E-state index contributed by atoms with van der Waals surface area (Å²) in [6.07, 6.45) is -1.05. The fourth-order valence-corrected chi connectivity index (χ4v) is 5.42. The topological polar surface area (TPSA) is 111 Å². The van der Waals surface area contributed by atoms with Gasteiger partial charge in [0.1, 0.15) is 0 Å². The Morgan fingerprint density at radius 2 is 1.69 bits per heavy atom. The van der Waals surface area contributed by atoms with Crippen molar-refractivity contribution < 1.29 is 32.7 Å². The number of carbonyl (C=O) groups is 3. The van der Waals surface area contributed by atoms with Gasteiger partial charge in [-0.1, -0.05) is 18.2 Å². The molecule has 2 fully saturated rings. The molecule has 1 atom stereocenters. The molecular weight excluding hydrogens is 513 g/mol. The van der Waals surface area contributed by atoms with Crippen LogP contribution in [0.3, 0.4) is 0 Å². The lowest BCUT2D eigenvalue weighted by atomic mass is 9.77. The van der Waals surface area contributed by atoms with E-state index in [1.165, 1.54) is 6.07 Å². The predicted molar refractivity (Wildman–Crippen MR) is 138 cm³/mol. The van der Waals surface area contributed by atoms with E-state index in [1.54, 1.807) is 31.3 Å². The van der Waals surface area contributed by atoms with Gasteiger partial charge in [0, 0.05) is 43.3 Å². The van der Waals surface area contributed by atoms with Crippen molar-refractivity contribution in [2.24, 2.45) is 0 Å². The summed E-state index contributed by atoms with van der Waals surface area (Å²) in [6, 6.07) is 11.3. The highest BCUT2D eigenvalue weighted by atomic mass is 19.4. The minimum atomic E-state index is -4.56. The summed E-state index contributed by atoms with van der Waals surface area (Å²) in [4.78, 5) is 38.7. The van der Waals surface area contributed by atoms with Crippen molar-refractivity contribution in [3.63, 3.8) is 0 Å². The van der Waals surface area contributed by atoms with Gasteiger partial charge in [-0.15, -0.1) is 0 Å². The van der Waals surface area contributed by atoms with Crippen LogP contribution in [-0.4, -0.2) is 66.5 Å². The third-order valence-electron chi connectivity index (χ3n) is 7.66. The van der Waals surface area contributed by atoms with Gasteiger partial charge in [0.15, 0.2) is 0 Å². The van der Waals surface area contributed by atoms with Gasteiger partial charge < -0.3 is 21.1 Å². The average molecular weight is 547 g/mol. The number of nitrogens with one attached hydrogen (secondary N) is 3. The van der Waals surface area contributed by atoms with Gasteiger partial charge in [-0.2, -0.15) is 13.2 Å². The third kappa shape index (κ3) is 6.96. The van der Waals surface area contributed by atoms with E-state index in [4.69, 9.17) is 0 Å². The summed E-state index contributed by atoms with van der Waals surface area (Å²) in [5.41, 5.74) is -0.690. The summed E-state index contributed by atoms with van der Waals surface area (Å²) in [5, 5.41) is 19.1. The van der Waals surface area contributed by atoms with Gasteiger partial charge in [0.25, 0.3) is 11.8 Å².